The van der Waals surface area contributed by atoms with Crippen molar-refractivity contribution in [1.82, 2.24) is 15.0 Å². The van der Waals surface area contributed by atoms with Gasteiger partial charge in [-0.15, -0.1) is 0 Å². The smallest absolute Gasteiger partial charge is 0.259 e. The van der Waals surface area contributed by atoms with Crippen molar-refractivity contribution >= 4 is 12.0 Å². The Balaban J connectivity index is 1.34. The minimum absolute atomic E-state index is 0.106. The molecule has 0 N–H and O–H groups in total. The van der Waals surface area contributed by atoms with Crippen LogP contribution >= 0.6 is 0 Å². The van der Waals surface area contributed by atoms with Crippen molar-refractivity contribution in [2.24, 2.45) is 0 Å². The normalized spacial score (nSPS) is 15.1. The van der Waals surface area contributed by atoms with Gasteiger partial charge in [0.2, 0.25) is 0 Å². The maximum absolute atomic E-state index is 13.2. The zero-order chi connectivity index (χ0) is 20.1. The molecule has 2 aromatic carbocycles. The molecular weight excluding hydrogens is 369 g/mol. The number of piperazine rings is 1. The Hall–Kier alpha value is -3.25. The van der Waals surface area contributed by atoms with Crippen LogP contribution in [0.25, 0.3) is 17.4 Å². The van der Waals surface area contributed by atoms with Gasteiger partial charge in [0.25, 0.3) is 5.91 Å². The van der Waals surface area contributed by atoms with Crippen LogP contribution in [-0.2, 0) is 0 Å². The van der Waals surface area contributed by atoms with Crippen LogP contribution < -0.4 is 0 Å². The van der Waals surface area contributed by atoms with Gasteiger partial charge in [-0.25, -0.2) is 4.39 Å². The molecule has 1 aliphatic heterocycles. The number of halogens is 1. The molecular formula is C23H22FN3O2. The number of nitrogens with zero attached hydrogens (tertiary/aromatic N) is 3. The fourth-order valence-corrected chi connectivity index (χ4v) is 3.41. The first kappa shape index (κ1) is 19.1. The van der Waals surface area contributed by atoms with E-state index in [9.17, 15) is 9.18 Å². The largest absolute Gasteiger partial charge is 0.355 e. The van der Waals surface area contributed by atoms with Gasteiger partial charge >= 0.3 is 0 Å². The number of hydrogen-bond donors (Lipinski definition) is 0. The molecule has 0 bridgehead atoms. The summed E-state index contributed by atoms with van der Waals surface area (Å²) in [7, 11) is 0. The minimum atomic E-state index is -0.335. The third-order valence-electron chi connectivity index (χ3n) is 5.04. The number of hydrogen-bond acceptors (Lipinski definition) is 4. The second-order valence-corrected chi connectivity index (χ2v) is 6.98. The summed E-state index contributed by atoms with van der Waals surface area (Å²) in [5.74, 6) is -0.0631. The Labute approximate surface area is 169 Å². The molecule has 0 saturated carbocycles. The summed E-state index contributed by atoms with van der Waals surface area (Å²) in [6.45, 7) is 3.76. The van der Waals surface area contributed by atoms with Crippen LogP contribution in [0.3, 0.4) is 0 Å². The third-order valence-corrected chi connectivity index (χ3v) is 5.04. The summed E-state index contributed by atoms with van der Waals surface area (Å²) >= 11 is 0. The molecule has 1 fully saturated rings. The summed E-state index contributed by atoms with van der Waals surface area (Å²) < 4.78 is 18.4. The molecule has 148 valence electrons. The average molecular weight is 391 g/mol. The van der Waals surface area contributed by atoms with Crippen LogP contribution in [0.15, 0.2) is 71.4 Å². The second kappa shape index (κ2) is 8.84. The van der Waals surface area contributed by atoms with Gasteiger partial charge in [-0.3, -0.25) is 9.69 Å². The highest BCUT2D eigenvalue weighted by atomic mass is 19.1. The lowest BCUT2D eigenvalue weighted by Gasteiger charge is -2.34. The van der Waals surface area contributed by atoms with Crippen LogP contribution in [0, 0.1) is 5.82 Å². The number of carbonyl (C=O) groups is 1. The topological polar surface area (TPSA) is 49.6 Å². The van der Waals surface area contributed by atoms with Gasteiger partial charge in [-0.1, -0.05) is 47.6 Å². The van der Waals surface area contributed by atoms with Crippen molar-refractivity contribution in [1.29, 1.82) is 0 Å². The Bertz CT molecular complexity index is 975. The lowest BCUT2D eigenvalue weighted by molar-refractivity contribution is 0.0650. The SMILES string of the molecule is O=C(c1cnoc1-c1ccc(F)cc1)N1CCN(C/C=C/c2ccccc2)CC1. The molecule has 1 aromatic heterocycles. The van der Waals surface area contributed by atoms with Gasteiger partial charge in [0.15, 0.2) is 5.76 Å². The molecule has 0 aliphatic carbocycles. The molecule has 29 heavy (non-hydrogen) atoms. The van der Waals surface area contributed by atoms with Crippen LogP contribution in [0.2, 0.25) is 0 Å². The minimum Gasteiger partial charge on any atom is -0.355 e. The number of amides is 1. The predicted octanol–water partition coefficient (Wildman–Crippen LogP) is 3.95. The van der Waals surface area contributed by atoms with Gasteiger partial charge in [-0.05, 0) is 29.8 Å². The van der Waals surface area contributed by atoms with Crippen molar-refractivity contribution < 1.29 is 13.7 Å². The number of aromatic nitrogens is 1. The maximum atomic E-state index is 13.2. The molecule has 1 aliphatic rings. The van der Waals surface area contributed by atoms with Crippen LogP contribution in [0.5, 0.6) is 0 Å². The Morgan fingerprint density at radius 3 is 2.48 bits per heavy atom. The second-order valence-electron chi connectivity index (χ2n) is 6.98. The average Bonchev–Trinajstić information content (AvgIpc) is 3.25. The summed E-state index contributed by atoms with van der Waals surface area (Å²) in [6.07, 6.45) is 5.71. The van der Waals surface area contributed by atoms with E-state index in [0.29, 0.717) is 30.0 Å². The fourth-order valence-electron chi connectivity index (χ4n) is 3.41. The van der Waals surface area contributed by atoms with Crippen LogP contribution in [0.4, 0.5) is 4.39 Å². The van der Waals surface area contributed by atoms with E-state index < -0.39 is 0 Å². The quantitative estimate of drug-likeness (QED) is 0.661. The first-order valence-corrected chi connectivity index (χ1v) is 9.64. The van der Waals surface area contributed by atoms with Gasteiger partial charge < -0.3 is 9.42 Å². The van der Waals surface area contributed by atoms with E-state index in [1.165, 1.54) is 23.9 Å². The van der Waals surface area contributed by atoms with Crippen molar-refractivity contribution in [3.63, 3.8) is 0 Å². The summed E-state index contributed by atoms with van der Waals surface area (Å²) in [4.78, 5) is 17.1. The van der Waals surface area contributed by atoms with Crippen molar-refractivity contribution in [2.45, 2.75) is 0 Å². The lowest BCUT2D eigenvalue weighted by atomic mass is 10.1. The standard InChI is InChI=1S/C23H22FN3O2/c24-20-10-8-19(9-11-20)22-21(17-25-29-22)23(28)27-15-13-26(14-16-27)12-4-7-18-5-2-1-3-6-18/h1-11,17H,12-16H2/b7-4+. The monoisotopic (exact) mass is 391 g/mol. The van der Waals surface area contributed by atoms with E-state index in [2.05, 4.69) is 34.3 Å². The van der Waals surface area contributed by atoms with Crippen LogP contribution in [-0.4, -0.2) is 53.6 Å². The highest BCUT2D eigenvalue weighted by Crippen LogP contribution is 2.25. The zero-order valence-corrected chi connectivity index (χ0v) is 16.0. The molecule has 3 aromatic rings. The molecule has 6 heteroatoms. The highest BCUT2D eigenvalue weighted by molar-refractivity contribution is 5.99. The third kappa shape index (κ3) is 4.60. The lowest BCUT2D eigenvalue weighted by Crippen LogP contribution is -2.48. The van der Waals surface area contributed by atoms with E-state index in [4.69, 9.17) is 4.52 Å². The molecule has 0 atom stereocenters. The van der Waals surface area contributed by atoms with E-state index in [1.54, 1.807) is 12.1 Å². The summed E-state index contributed by atoms with van der Waals surface area (Å²) in [6, 6.07) is 16.1. The predicted molar refractivity (Wildman–Crippen MR) is 110 cm³/mol. The first-order chi connectivity index (χ1) is 14.2. The number of rotatable bonds is 5. The maximum Gasteiger partial charge on any atom is 0.259 e. The molecule has 0 unspecified atom stereocenters. The summed E-state index contributed by atoms with van der Waals surface area (Å²) in [5, 5.41) is 3.79. The van der Waals surface area contributed by atoms with Gasteiger partial charge in [0.05, 0.1) is 6.20 Å². The summed E-state index contributed by atoms with van der Waals surface area (Å²) in [5.41, 5.74) is 2.23. The first-order valence-electron chi connectivity index (χ1n) is 9.64. The van der Waals surface area contributed by atoms with E-state index >= 15 is 0 Å². The Morgan fingerprint density at radius 2 is 1.76 bits per heavy atom. The number of carbonyl (C=O) groups excluding carboxylic acids is 1. The van der Waals surface area contributed by atoms with Crippen molar-refractivity contribution in [3.05, 3.63) is 83.8 Å². The fraction of sp³-hybridized carbons (Fsp3) is 0.217. The molecule has 0 spiro atoms. The highest BCUT2D eigenvalue weighted by Gasteiger charge is 2.26. The Morgan fingerprint density at radius 1 is 1.03 bits per heavy atom. The molecule has 2 heterocycles. The molecule has 1 saturated heterocycles. The zero-order valence-electron chi connectivity index (χ0n) is 16.0. The van der Waals surface area contributed by atoms with E-state index in [-0.39, 0.29) is 11.7 Å². The van der Waals surface area contributed by atoms with Gasteiger partial charge in [0.1, 0.15) is 11.4 Å². The van der Waals surface area contributed by atoms with Crippen molar-refractivity contribution in [2.75, 3.05) is 32.7 Å². The molecule has 4 rings (SSSR count). The van der Waals surface area contributed by atoms with E-state index in [0.717, 1.165) is 19.6 Å². The van der Waals surface area contributed by atoms with Crippen LogP contribution in [0.1, 0.15) is 15.9 Å². The van der Waals surface area contributed by atoms with Crippen molar-refractivity contribution in [3.8, 4) is 11.3 Å². The molecule has 5 nitrogen and oxygen atoms in total. The van der Waals surface area contributed by atoms with Gasteiger partial charge in [0, 0.05) is 38.3 Å². The van der Waals surface area contributed by atoms with Gasteiger partial charge in [-0.2, -0.15) is 0 Å². The molecule has 1 amide bonds. The van der Waals surface area contributed by atoms with E-state index in [1.807, 2.05) is 23.1 Å². The number of benzene rings is 2. The molecule has 0 radical (unpaired) electrons. The Kier molecular flexibility index (Phi) is 5.81.